The highest BCUT2D eigenvalue weighted by molar-refractivity contribution is 5.82. The van der Waals surface area contributed by atoms with Gasteiger partial charge in [0.05, 0.1) is 11.8 Å². The number of allylic oxidation sites excluding steroid dienone is 2. The zero-order valence-electron chi connectivity index (χ0n) is 26.0. The molecule has 4 unspecified atom stereocenters. The standard InChI is InChI=1S/C35H40O11/c1-5-31(37)44-20-25(36)19-42-26-15-11-23(12-16-26)35(3,4)24-13-17-27(18-14-24)43-21-28(22-45-32(38)6-2)46-34(41)30-10-8-7-9-29(30)33(39)40/h5-8,11-18,25,28-30,36H,1-2,9-10,19-22H2,3-4H3,(H,39,40). The molecular formula is C35H40O11. The van der Waals surface area contributed by atoms with Crippen molar-refractivity contribution in [1.29, 1.82) is 0 Å². The van der Waals surface area contributed by atoms with Crippen molar-refractivity contribution in [3.8, 4) is 11.5 Å². The number of aliphatic hydroxyl groups is 1. The van der Waals surface area contributed by atoms with Gasteiger partial charge in [0.15, 0.2) is 6.10 Å². The topological polar surface area (TPSA) is 155 Å². The van der Waals surface area contributed by atoms with Crippen LogP contribution < -0.4 is 9.47 Å². The Morgan fingerprint density at radius 2 is 1.26 bits per heavy atom. The van der Waals surface area contributed by atoms with E-state index in [0.29, 0.717) is 11.5 Å². The van der Waals surface area contributed by atoms with E-state index in [9.17, 15) is 29.4 Å². The quantitative estimate of drug-likeness (QED) is 0.111. The largest absolute Gasteiger partial charge is 0.491 e. The van der Waals surface area contributed by atoms with E-state index < -0.39 is 53.3 Å². The minimum absolute atomic E-state index is 0.0495. The molecule has 4 atom stereocenters. The highest BCUT2D eigenvalue weighted by Crippen LogP contribution is 2.33. The monoisotopic (exact) mass is 636 g/mol. The van der Waals surface area contributed by atoms with E-state index in [2.05, 4.69) is 27.0 Å². The van der Waals surface area contributed by atoms with Gasteiger partial charge in [-0.3, -0.25) is 9.59 Å². The third-order valence-corrected chi connectivity index (χ3v) is 7.53. The van der Waals surface area contributed by atoms with Crippen molar-refractivity contribution in [3.05, 3.63) is 97.1 Å². The number of aliphatic hydroxyl groups excluding tert-OH is 1. The van der Waals surface area contributed by atoms with Crippen molar-refractivity contribution in [1.82, 2.24) is 0 Å². The van der Waals surface area contributed by atoms with E-state index in [1.54, 1.807) is 36.4 Å². The van der Waals surface area contributed by atoms with Crippen molar-refractivity contribution >= 4 is 23.9 Å². The summed E-state index contributed by atoms with van der Waals surface area (Å²) >= 11 is 0. The van der Waals surface area contributed by atoms with Crippen LogP contribution in [0.5, 0.6) is 11.5 Å². The van der Waals surface area contributed by atoms with Crippen LogP contribution in [0.4, 0.5) is 0 Å². The van der Waals surface area contributed by atoms with Crippen LogP contribution in [0.15, 0.2) is 86.0 Å². The summed E-state index contributed by atoms with van der Waals surface area (Å²) in [5.41, 5.74) is 1.59. The Labute approximate surface area is 268 Å². The maximum Gasteiger partial charge on any atom is 0.330 e. The van der Waals surface area contributed by atoms with Gasteiger partial charge in [-0.1, -0.05) is 63.4 Å². The zero-order chi connectivity index (χ0) is 33.7. The van der Waals surface area contributed by atoms with Crippen molar-refractivity contribution < 1.29 is 53.1 Å². The first-order valence-corrected chi connectivity index (χ1v) is 14.8. The summed E-state index contributed by atoms with van der Waals surface area (Å²) in [6.45, 7) is 10.1. The summed E-state index contributed by atoms with van der Waals surface area (Å²) in [5, 5.41) is 19.5. The van der Waals surface area contributed by atoms with Crippen LogP contribution in [0.3, 0.4) is 0 Å². The molecule has 0 amide bonds. The summed E-state index contributed by atoms with van der Waals surface area (Å²) in [7, 11) is 0. The SMILES string of the molecule is C=CC(=O)OCC(O)COc1ccc(C(C)(C)c2ccc(OCC(COC(=O)C=C)OC(=O)C3CC=CCC3C(=O)O)cc2)cc1. The number of benzene rings is 2. The van der Waals surface area contributed by atoms with Gasteiger partial charge in [0, 0.05) is 17.6 Å². The predicted molar refractivity (Wildman–Crippen MR) is 167 cm³/mol. The molecule has 0 saturated carbocycles. The van der Waals surface area contributed by atoms with E-state index in [-0.39, 0.29) is 39.3 Å². The molecule has 246 valence electrons. The van der Waals surface area contributed by atoms with Crippen molar-refractivity contribution in [2.75, 3.05) is 26.4 Å². The number of rotatable bonds is 17. The fraction of sp³-hybridized carbons (Fsp3) is 0.371. The molecule has 0 radical (unpaired) electrons. The van der Waals surface area contributed by atoms with Gasteiger partial charge in [-0.25, -0.2) is 9.59 Å². The smallest absolute Gasteiger partial charge is 0.330 e. The second-order valence-electron chi connectivity index (χ2n) is 11.2. The minimum atomic E-state index is -1.08. The first kappa shape index (κ1) is 35.6. The molecule has 0 heterocycles. The summed E-state index contributed by atoms with van der Waals surface area (Å²) < 4.78 is 26.9. The van der Waals surface area contributed by atoms with Gasteiger partial charge in [-0.05, 0) is 48.2 Å². The Morgan fingerprint density at radius 3 is 1.76 bits per heavy atom. The van der Waals surface area contributed by atoms with Crippen LogP contribution in [0, 0.1) is 11.8 Å². The maximum atomic E-state index is 12.9. The summed E-state index contributed by atoms with van der Waals surface area (Å²) in [6.07, 6.45) is 3.99. The third kappa shape index (κ3) is 10.3. The fourth-order valence-corrected chi connectivity index (χ4v) is 4.72. The summed E-state index contributed by atoms with van der Waals surface area (Å²) in [4.78, 5) is 47.3. The molecule has 2 aromatic rings. The molecule has 0 saturated heterocycles. The van der Waals surface area contributed by atoms with Crippen LogP contribution in [0.2, 0.25) is 0 Å². The second kappa shape index (κ2) is 17.0. The van der Waals surface area contributed by atoms with E-state index in [1.807, 2.05) is 24.3 Å². The number of carbonyl (C=O) groups excluding carboxylic acids is 3. The number of carboxylic acids is 1. The van der Waals surface area contributed by atoms with E-state index in [4.69, 9.17) is 23.7 Å². The van der Waals surface area contributed by atoms with Gasteiger partial charge in [0.2, 0.25) is 0 Å². The van der Waals surface area contributed by atoms with Crippen molar-refractivity contribution in [2.45, 2.75) is 44.3 Å². The van der Waals surface area contributed by atoms with Crippen LogP contribution in [0.25, 0.3) is 0 Å². The van der Waals surface area contributed by atoms with Crippen LogP contribution in [-0.4, -0.2) is 72.7 Å². The number of esters is 3. The van der Waals surface area contributed by atoms with Crippen molar-refractivity contribution in [3.63, 3.8) is 0 Å². The number of carboxylic acid groups (broad SMARTS) is 1. The lowest BCUT2D eigenvalue weighted by atomic mass is 9.78. The molecule has 0 bridgehead atoms. The minimum Gasteiger partial charge on any atom is -0.491 e. The Kier molecular flexibility index (Phi) is 13.1. The molecule has 3 rings (SSSR count). The fourth-order valence-electron chi connectivity index (χ4n) is 4.72. The maximum absolute atomic E-state index is 12.9. The zero-order valence-corrected chi connectivity index (χ0v) is 26.0. The number of hydrogen-bond donors (Lipinski definition) is 2. The van der Waals surface area contributed by atoms with Crippen LogP contribution >= 0.6 is 0 Å². The average molecular weight is 637 g/mol. The molecule has 2 N–H and O–H groups in total. The number of hydrogen-bond acceptors (Lipinski definition) is 10. The molecule has 2 aromatic carbocycles. The summed E-state index contributed by atoms with van der Waals surface area (Å²) in [6, 6.07) is 14.8. The average Bonchev–Trinajstić information content (AvgIpc) is 3.07. The van der Waals surface area contributed by atoms with Gasteiger partial charge in [0.25, 0.3) is 0 Å². The van der Waals surface area contributed by atoms with Gasteiger partial charge in [0.1, 0.15) is 44.0 Å². The third-order valence-electron chi connectivity index (χ3n) is 7.53. The van der Waals surface area contributed by atoms with E-state index >= 15 is 0 Å². The normalized spacial score (nSPS) is 17.1. The Morgan fingerprint density at radius 1 is 0.783 bits per heavy atom. The highest BCUT2D eigenvalue weighted by Gasteiger charge is 2.36. The molecule has 46 heavy (non-hydrogen) atoms. The van der Waals surface area contributed by atoms with Crippen molar-refractivity contribution in [2.24, 2.45) is 11.8 Å². The Hall–Kier alpha value is -4.90. The van der Waals surface area contributed by atoms with Gasteiger partial charge in [-0.2, -0.15) is 0 Å². The lowest BCUT2D eigenvalue weighted by Gasteiger charge is -2.27. The lowest BCUT2D eigenvalue weighted by Crippen LogP contribution is -2.37. The Bertz CT molecular complexity index is 1390. The van der Waals surface area contributed by atoms with Crippen LogP contribution in [-0.2, 0) is 38.8 Å². The molecule has 11 nitrogen and oxygen atoms in total. The predicted octanol–water partition coefficient (Wildman–Crippen LogP) is 4.17. The number of ether oxygens (including phenoxy) is 5. The van der Waals surface area contributed by atoms with E-state index in [0.717, 1.165) is 23.3 Å². The molecular weight excluding hydrogens is 596 g/mol. The molecule has 0 fully saturated rings. The van der Waals surface area contributed by atoms with Crippen LogP contribution in [0.1, 0.15) is 37.8 Å². The lowest BCUT2D eigenvalue weighted by molar-refractivity contribution is -0.167. The second-order valence-corrected chi connectivity index (χ2v) is 11.2. The molecule has 1 aliphatic carbocycles. The molecule has 0 aliphatic heterocycles. The molecule has 1 aliphatic rings. The Balaban J connectivity index is 1.60. The first-order valence-electron chi connectivity index (χ1n) is 14.8. The molecule has 0 aromatic heterocycles. The molecule has 0 spiro atoms. The molecule has 11 heteroatoms. The van der Waals surface area contributed by atoms with Gasteiger partial charge >= 0.3 is 23.9 Å². The van der Waals surface area contributed by atoms with E-state index in [1.165, 1.54) is 0 Å². The highest BCUT2D eigenvalue weighted by atomic mass is 16.6. The summed E-state index contributed by atoms with van der Waals surface area (Å²) in [5.74, 6) is -3.81. The van der Waals surface area contributed by atoms with Gasteiger partial charge < -0.3 is 33.9 Å². The number of carbonyl (C=O) groups is 4. The number of aliphatic carboxylic acids is 1. The first-order chi connectivity index (χ1) is 21.9. The van der Waals surface area contributed by atoms with Gasteiger partial charge in [-0.15, -0.1) is 0 Å².